The minimum Gasteiger partial charge on any atom is -0.493 e. The molecular weight excluding hydrogens is 338 g/mol. The SMILES string of the molecule is COc1cc2ncnc(Cc3ccc4c(c3)CCN4)c2cc1OC.Cl. The first-order chi connectivity index (χ1) is 11.8. The lowest BCUT2D eigenvalue weighted by Gasteiger charge is -2.11. The van der Waals surface area contributed by atoms with Crippen molar-refractivity contribution in [1.29, 1.82) is 0 Å². The third kappa shape index (κ3) is 3.20. The molecule has 0 spiro atoms. The molecule has 0 atom stereocenters. The van der Waals surface area contributed by atoms with Crippen molar-refractivity contribution in [2.75, 3.05) is 26.1 Å². The number of hydrogen-bond acceptors (Lipinski definition) is 5. The van der Waals surface area contributed by atoms with E-state index in [1.165, 1.54) is 16.8 Å². The highest BCUT2D eigenvalue weighted by Gasteiger charge is 2.13. The lowest BCUT2D eigenvalue weighted by atomic mass is 10.0. The summed E-state index contributed by atoms with van der Waals surface area (Å²) < 4.78 is 10.8. The number of anilines is 1. The first-order valence-corrected chi connectivity index (χ1v) is 8.00. The normalized spacial score (nSPS) is 12.2. The molecule has 5 nitrogen and oxygen atoms in total. The predicted molar refractivity (Wildman–Crippen MR) is 101 cm³/mol. The van der Waals surface area contributed by atoms with Crippen molar-refractivity contribution in [3.05, 3.63) is 53.5 Å². The lowest BCUT2D eigenvalue weighted by molar-refractivity contribution is 0.355. The molecule has 3 aromatic rings. The molecule has 0 saturated carbocycles. The van der Waals surface area contributed by atoms with Crippen LogP contribution in [0.25, 0.3) is 10.9 Å². The zero-order chi connectivity index (χ0) is 16.5. The molecule has 0 unspecified atom stereocenters. The Kier molecular flexibility index (Phi) is 4.95. The topological polar surface area (TPSA) is 56.3 Å². The first kappa shape index (κ1) is 17.3. The van der Waals surface area contributed by atoms with Crippen molar-refractivity contribution in [3.8, 4) is 11.5 Å². The molecular formula is C19H20ClN3O2. The fourth-order valence-electron chi connectivity index (χ4n) is 3.24. The van der Waals surface area contributed by atoms with E-state index < -0.39 is 0 Å². The van der Waals surface area contributed by atoms with Crippen molar-refractivity contribution in [2.24, 2.45) is 0 Å². The van der Waals surface area contributed by atoms with E-state index in [0.29, 0.717) is 11.5 Å². The molecule has 1 aromatic heterocycles. The summed E-state index contributed by atoms with van der Waals surface area (Å²) in [5, 5.41) is 4.39. The van der Waals surface area contributed by atoms with Crippen LogP contribution < -0.4 is 14.8 Å². The molecule has 25 heavy (non-hydrogen) atoms. The zero-order valence-corrected chi connectivity index (χ0v) is 15.0. The van der Waals surface area contributed by atoms with Gasteiger partial charge in [-0.1, -0.05) is 12.1 Å². The van der Waals surface area contributed by atoms with Crippen molar-refractivity contribution in [3.63, 3.8) is 0 Å². The van der Waals surface area contributed by atoms with Crippen LogP contribution in [-0.2, 0) is 12.8 Å². The van der Waals surface area contributed by atoms with Crippen molar-refractivity contribution in [2.45, 2.75) is 12.8 Å². The maximum absolute atomic E-state index is 5.42. The quantitative estimate of drug-likeness (QED) is 0.772. The second kappa shape index (κ2) is 7.15. The van der Waals surface area contributed by atoms with Crippen LogP contribution in [0.15, 0.2) is 36.7 Å². The highest BCUT2D eigenvalue weighted by molar-refractivity contribution is 5.85. The van der Waals surface area contributed by atoms with Gasteiger partial charge in [0.15, 0.2) is 11.5 Å². The molecule has 2 heterocycles. The highest BCUT2D eigenvalue weighted by atomic mass is 35.5. The third-order valence-electron chi connectivity index (χ3n) is 4.47. The third-order valence-corrected chi connectivity index (χ3v) is 4.47. The van der Waals surface area contributed by atoms with Crippen LogP contribution in [-0.4, -0.2) is 30.7 Å². The second-order valence-electron chi connectivity index (χ2n) is 5.89. The maximum Gasteiger partial charge on any atom is 0.162 e. The van der Waals surface area contributed by atoms with Crippen LogP contribution in [0.5, 0.6) is 11.5 Å². The Hall–Kier alpha value is -2.53. The van der Waals surface area contributed by atoms with Gasteiger partial charge in [-0.2, -0.15) is 0 Å². The fourth-order valence-corrected chi connectivity index (χ4v) is 3.24. The number of nitrogens with zero attached hydrogens (tertiary/aromatic N) is 2. The molecule has 1 N–H and O–H groups in total. The van der Waals surface area contributed by atoms with Gasteiger partial charge >= 0.3 is 0 Å². The van der Waals surface area contributed by atoms with Gasteiger partial charge in [-0.05, 0) is 29.7 Å². The Morgan fingerprint density at radius 2 is 1.84 bits per heavy atom. The van der Waals surface area contributed by atoms with Crippen LogP contribution in [0.2, 0.25) is 0 Å². The summed E-state index contributed by atoms with van der Waals surface area (Å²) in [6.07, 6.45) is 3.46. The van der Waals surface area contributed by atoms with Crippen molar-refractivity contribution >= 4 is 29.0 Å². The average Bonchev–Trinajstić information content (AvgIpc) is 3.08. The van der Waals surface area contributed by atoms with Crippen LogP contribution in [0, 0.1) is 0 Å². The van der Waals surface area contributed by atoms with E-state index >= 15 is 0 Å². The molecule has 0 amide bonds. The van der Waals surface area contributed by atoms with E-state index in [4.69, 9.17) is 9.47 Å². The van der Waals surface area contributed by atoms with E-state index in [9.17, 15) is 0 Å². The van der Waals surface area contributed by atoms with Crippen molar-refractivity contribution in [1.82, 2.24) is 9.97 Å². The lowest BCUT2D eigenvalue weighted by Crippen LogP contribution is -1.98. The van der Waals surface area contributed by atoms with Gasteiger partial charge in [0.25, 0.3) is 0 Å². The summed E-state index contributed by atoms with van der Waals surface area (Å²) >= 11 is 0. The van der Waals surface area contributed by atoms with Gasteiger partial charge in [0, 0.05) is 30.1 Å². The smallest absolute Gasteiger partial charge is 0.162 e. The Balaban J connectivity index is 0.00000182. The molecule has 130 valence electrons. The number of benzene rings is 2. The number of hydrogen-bond donors (Lipinski definition) is 1. The number of nitrogens with one attached hydrogen (secondary N) is 1. The fraction of sp³-hybridized carbons (Fsp3) is 0.263. The summed E-state index contributed by atoms with van der Waals surface area (Å²) in [4.78, 5) is 8.87. The van der Waals surface area contributed by atoms with Crippen LogP contribution in [0.3, 0.4) is 0 Å². The summed E-state index contributed by atoms with van der Waals surface area (Å²) in [5.41, 5.74) is 5.74. The molecule has 4 rings (SSSR count). The summed E-state index contributed by atoms with van der Waals surface area (Å²) in [7, 11) is 3.27. The van der Waals surface area contributed by atoms with Gasteiger partial charge in [0.1, 0.15) is 6.33 Å². The Morgan fingerprint density at radius 3 is 2.64 bits per heavy atom. The summed E-state index contributed by atoms with van der Waals surface area (Å²) in [5.74, 6) is 1.37. The number of ether oxygens (including phenoxy) is 2. The summed E-state index contributed by atoms with van der Waals surface area (Å²) in [6.45, 7) is 1.02. The molecule has 6 heteroatoms. The minimum absolute atomic E-state index is 0. The Labute approximate surface area is 152 Å². The van der Waals surface area contributed by atoms with E-state index in [1.807, 2.05) is 12.1 Å². The van der Waals surface area contributed by atoms with E-state index in [2.05, 4.69) is 33.5 Å². The van der Waals surface area contributed by atoms with Gasteiger partial charge in [-0.3, -0.25) is 0 Å². The molecule has 0 radical (unpaired) electrons. The van der Waals surface area contributed by atoms with E-state index in [-0.39, 0.29) is 12.4 Å². The van der Waals surface area contributed by atoms with Gasteiger partial charge in [-0.25, -0.2) is 9.97 Å². The monoisotopic (exact) mass is 357 g/mol. The van der Waals surface area contributed by atoms with E-state index in [1.54, 1.807) is 20.5 Å². The Morgan fingerprint density at radius 1 is 1.04 bits per heavy atom. The molecule has 1 aliphatic heterocycles. The van der Waals surface area contributed by atoms with Crippen LogP contribution in [0.4, 0.5) is 5.69 Å². The number of rotatable bonds is 4. The molecule has 1 aliphatic rings. The van der Waals surface area contributed by atoms with Gasteiger partial charge in [0.05, 0.1) is 25.4 Å². The zero-order valence-electron chi connectivity index (χ0n) is 14.2. The maximum atomic E-state index is 5.42. The number of halogens is 1. The Bertz CT molecular complexity index is 915. The second-order valence-corrected chi connectivity index (χ2v) is 5.89. The highest BCUT2D eigenvalue weighted by Crippen LogP contribution is 2.33. The van der Waals surface area contributed by atoms with Crippen LogP contribution in [0.1, 0.15) is 16.8 Å². The number of aromatic nitrogens is 2. The van der Waals surface area contributed by atoms with Gasteiger partial charge < -0.3 is 14.8 Å². The first-order valence-electron chi connectivity index (χ1n) is 8.00. The minimum atomic E-state index is 0. The standard InChI is InChI=1S/C19H19N3O2.ClH/c1-23-18-9-14-16(21-11-22-17(14)10-19(18)24-2)8-12-3-4-15-13(7-12)5-6-20-15;/h3-4,7,9-11,20H,5-6,8H2,1-2H3;1H. The van der Waals surface area contributed by atoms with Gasteiger partial charge in [0.2, 0.25) is 0 Å². The van der Waals surface area contributed by atoms with E-state index in [0.717, 1.165) is 36.0 Å². The molecule has 2 aromatic carbocycles. The largest absolute Gasteiger partial charge is 0.493 e. The van der Waals surface area contributed by atoms with Crippen LogP contribution >= 0.6 is 12.4 Å². The summed E-state index contributed by atoms with van der Waals surface area (Å²) in [6, 6.07) is 10.4. The number of methoxy groups -OCH3 is 2. The molecule has 0 bridgehead atoms. The molecule has 0 aliphatic carbocycles. The van der Waals surface area contributed by atoms with Crippen molar-refractivity contribution < 1.29 is 9.47 Å². The van der Waals surface area contributed by atoms with Gasteiger partial charge in [-0.15, -0.1) is 12.4 Å². The average molecular weight is 358 g/mol. The molecule has 0 saturated heterocycles. The predicted octanol–water partition coefficient (Wildman–Crippen LogP) is 3.63. The number of fused-ring (bicyclic) bond motifs is 2. The molecule has 0 fully saturated rings.